The highest BCUT2D eigenvalue weighted by Crippen LogP contribution is 2.20. The van der Waals surface area contributed by atoms with Crippen molar-refractivity contribution >= 4 is 11.9 Å². The van der Waals surface area contributed by atoms with E-state index in [1.807, 2.05) is 13.0 Å². The molecule has 1 aromatic rings. The number of carboxylic acid groups (broad SMARTS) is 1. The first-order chi connectivity index (χ1) is 10.1. The first-order valence-electron chi connectivity index (χ1n) is 7.25. The molecule has 0 fully saturated rings. The molecule has 0 aromatic heterocycles. The molecule has 0 heterocycles. The molecule has 5 nitrogen and oxygen atoms in total. The Morgan fingerprint density at radius 3 is 2.41 bits per heavy atom. The summed E-state index contributed by atoms with van der Waals surface area (Å²) in [6.07, 6.45) is 0.466. The zero-order chi connectivity index (χ0) is 16.9. The fourth-order valence-corrected chi connectivity index (χ4v) is 1.92. The molecular formula is C17H24O5. The number of aryl methyl sites for hydroxylation is 1. The van der Waals surface area contributed by atoms with Gasteiger partial charge < -0.3 is 14.6 Å². The number of benzene rings is 1. The molecule has 1 rings (SSSR count). The molecule has 0 saturated heterocycles. The molecule has 0 bridgehead atoms. The molecule has 0 saturated carbocycles. The predicted molar refractivity (Wildman–Crippen MR) is 83.0 cm³/mol. The standard InChI is InChI=1S/C17H24O5/c1-11-9-14(21-10-15(18)22-17(3,4)5)7-6-13(11)8-12(2)16(19)20/h6-7,9,12H,8,10H2,1-5H3,(H,19,20). The van der Waals surface area contributed by atoms with Crippen LogP contribution in [0.15, 0.2) is 18.2 Å². The lowest BCUT2D eigenvalue weighted by Gasteiger charge is -2.19. The zero-order valence-electron chi connectivity index (χ0n) is 13.8. The molecular weight excluding hydrogens is 284 g/mol. The topological polar surface area (TPSA) is 72.8 Å². The maximum absolute atomic E-state index is 11.6. The van der Waals surface area contributed by atoms with Gasteiger partial charge in [-0.3, -0.25) is 4.79 Å². The third-order valence-electron chi connectivity index (χ3n) is 3.04. The van der Waals surface area contributed by atoms with E-state index in [2.05, 4.69) is 0 Å². The van der Waals surface area contributed by atoms with Gasteiger partial charge in [-0.1, -0.05) is 13.0 Å². The molecule has 1 N–H and O–H groups in total. The van der Waals surface area contributed by atoms with Crippen molar-refractivity contribution in [3.05, 3.63) is 29.3 Å². The Balaban J connectivity index is 2.62. The van der Waals surface area contributed by atoms with E-state index in [1.165, 1.54) is 0 Å². The fourth-order valence-electron chi connectivity index (χ4n) is 1.92. The van der Waals surface area contributed by atoms with Crippen LogP contribution >= 0.6 is 0 Å². The monoisotopic (exact) mass is 308 g/mol. The van der Waals surface area contributed by atoms with Crippen molar-refractivity contribution in [3.63, 3.8) is 0 Å². The Morgan fingerprint density at radius 2 is 1.91 bits per heavy atom. The van der Waals surface area contributed by atoms with Crippen LogP contribution in [0.2, 0.25) is 0 Å². The Morgan fingerprint density at radius 1 is 1.27 bits per heavy atom. The summed E-state index contributed by atoms with van der Waals surface area (Å²) in [5, 5.41) is 8.95. The largest absolute Gasteiger partial charge is 0.482 e. The first kappa shape index (κ1) is 18.0. The maximum Gasteiger partial charge on any atom is 0.344 e. The van der Waals surface area contributed by atoms with Crippen LogP contribution in [0.3, 0.4) is 0 Å². The molecule has 0 amide bonds. The van der Waals surface area contributed by atoms with E-state index in [0.717, 1.165) is 11.1 Å². The number of esters is 1. The van der Waals surface area contributed by atoms with Crippen LogP contribution in [0.4, 0.5) is 0 Å². The minimum Gasteiger partial charge on any atom is -0.482 e. The SMILES string of the molecule is Cc1cc(OCC(=O)OC(C)(C)C)ccc1CC(C)C(=O)O. The van der Waals surface area contributed by atoms with Gasteiger partial charge in [-0.2, -0.15) is 0 Å². The first-order valence-corrected chi connectivity index (χ1v) is 7.25. The summed E-state index contributed by atoms with van der Waals surface area (Å²) in [5.74, 6) is -1.11. The lowest BCUT2D eigenvalue weighted by atomic mass is 9.97. The van der Waals surface area contributed by atoms with Crippen molar-refractivity contribution in [2.24, 2.45) is 5.92 Å². The van der Waals surface area contributed by atoms with Crippen LogP contribution in [-0.2, 0) is 20.7 Å². The van der Waals surface area contributed by atoms with Gasteiger partial charge in [0.25, 0.3) is 0 Å². The second-order valence-corrected chi connectivity index (χ2v) is 6.41. The van der Waals surface area contributed by atoms with E-state index in [0.29, 0.717) is 12.2 Å². The number of carbonyl (C=O) groups excluding carboxylic acids is 1. The minimum atomic E-state index is -0.815. The molecule has 1 atom stereocenters. The molecule has 122 valence electrons. The van der Waals surface area contributed by atoms with Gasteiger partial charge in [0, 0.05) is 0 Å². The average molecular weight is 308 g/mol. The molecule has 0 aliphatic carbocycles. The van der Waals surface area contributed by atoms with E-state index in [9.17, 15) is 9.59 Å². The second-order valence-electron chi connectivity index (χ2n) is 6.41. The number of carboxylic acids is 1. The van der Waals surface area contributed by atoms with E-state index in [4.69, 9.17) is 14.6 Å². The van der Waals surface area contributed by atoms with Crippen molar-refractivity contribution in [2.75, 3.05) is 6.61 Å². The van der Waals surface area contributed by atoms with E-state index in [-0.39, 0.29) is 6.61 Å². The summed E-state index contributed by atoms with van der Waals surface area (Å²) in [4.78, 5) is 22.5. The summed E-state index contributed by atoms with van der Waals surface area (Å²) in [6, 6.07) is 5.37. The number of aliphatic carboxylic acids is 1. The van der Waals surface area contributed by atoms with Crippen LogP contribution < -0.4 is 4.74 Å². The maximum atomic E-state index is 11.6. The van der Waals surface area contributed by atoms with E-state index < -0.39 is 23.5 Å². The van der Waals surface area contributed by atoms with Gasteiger partial charge in [-0.05, 0) is 57.4 Å². The molecule has 1 aromatic carbocycles. The molecule has 0 aliphatic heterocycles. The van der Waals surface area contributed by atoms with Crippen molar-refractivity contribution in [3.8, 4) is 5.75 Å². The van der Waals surface area contributed by atoms with Crippen molar-refractivity contribution in [2.45, 2.75) is 46.6 Å². The van der Waals surface area contributed by atoms with Gasteiger partial charge in [0.1, 0.15) is 11.4 Å². The van der Waals surface area contributed by atoms with Gasteiger partial charge in [0.15, 0.2) is 6.61 Å². The Labute approximate surface area is 131 Å². The van der Waals surface area contributed by atoms with E-state index in [1.54, 1.807) is 39.8 Å². The minimum absolute atomic E-state index is 0.151. The third kappa shape index (κ3) is 6.16. The molecule has 0 aliphatic rings. The van der Waals surface area contributed by atoms with Crippen molar-refractivity contribution in [1.29, 1.82) is 0 Å². The van der Waals surface area contributed by atoms with Crippen LogP contribution in [0.5, 0.6) is 5.75 Å². The molecule has 5 heteroatoms. The smallest absolute Gasteiger partial charge is 0.344 e. The number of ether oxygens (including phenoxy) is 2. The summed E-state index contributed by atoms with van der Waals surface area (Å²) >= 11 is 0. The Hall–Kier alpha value is -2.04. The van der Waals surface area contributed by atoms with E-state index >= 15 is 0 Å². The Kier molecular flexibility index (Phi) is 5.97. The number of hydrogen-bond donors (Lipinski definition) is 1. The highest BCUT2D eigenvalue weighted by molar-refractivity contribution is 5.71. The van der Waals surface area contributed by atoms with Gasteiger partial charge in [-0.15, -0.1) is 0 Å². The van der Waals surface area contributed by atoms with Crippen LogP contribution in [0, 0.1) is 12.8 Å². The van der Waals surface area contributed by atoms with Crippen LogP contribution in [0.1, 0.15) is 38.8 Å². The van der Waals surface area contributed by atoms with Crippen LogP contribution in [0.25, 0.3) is 0 Å². The molecule has 1 unspecified atom stereocenters. The molecule has 0 spiro atoms. The normalized spacial score (nSPS) is 12.6. The van der Waals surface area contributed by atoms with Crippen LogP contribution in [-0.4, -0.2) is 29.3 Å². The summed E-state index contributed by atoms with van der Waals surface area (Å²) in [5.41, 5.74) is 1.36. The number of hydrogen-bond acceptors (Lipinski definition) is 4. The van der Waals surface area contributed by atoms with Gasteiger partial charge in [0.2, 0.25) is 0 Å². The molecule has 22 heavy (non-hydrogen) atoms. The lowest BCUT2D eigenvalue weighted by Crippen LogP contribution is -2.27. The number of rotatable bonds is 6. The quantitative estimate of drug-likeness (QED) is 0.818. The summed E-state index contributed by atoms with van der Waals surface area (Å²) in [6.45, 7) is 8.81. The summed E-state index contributed by atoms with van der Waals surface area (Å²) < 4.78 is 10.6. The molecule has 0 radical (unpaired) electrons. The zero-order valence-corrected chi connectivity index (χ0v) is 13.8. The lowest BCUT2D eigenvalue weighted by molar-refractivity contribution is -0.157. The van der Waals surface area contributed by atoms with Crippen molar-refractivity contribution in [1.82, 2.24) is 0 Å². The highest BCUT2D eigenvalue weighted by Gasteiger charge is 2.17. The third-order valence-corrected chi connectivity index (χ3v) is 3.04. The average Bonchev–Trinajstić information content (AvgIpc) is 2.37. The fraction of sp³-hybridized carbons (Fsp3) is 0.529. The van der Waals surface area contributed by atoms with Gasteiger partial charge in [-0.25, -0.2) is 4.79 Å². The summed E-state index contributed by atoms with van der Waals surface area (Å²) in [7, 11) is 0. The predicted octanol–water partition coefficient (Wildman–Crippen LogP) is 2.98. The number of carbonyl (C=O) groups is 2. The van der Waals surface area contributed by atoms with Gasteiger partial charge >= 0.3 is 11.9 Å². The Bertz CT molecular complexity index is 542. The second kappa shape index (κ2) is 7.29. The van der Waals surface area contributed by atoms with Crippen molar-refractivity contribution < 1.29 is 24.2 Å². The highest BCUT2D eigenvalue weighted by atomic mass is 16.6. The van der Waals surface area contributed by atoms with Gasteiger partial charge in [0.05, 0.1) is 5.92 Å².